The summed E-state index contributed by atoms with van der Waals surface area (Å²) in [6.07, 6.45) is -9.09. The summed E-state index contributed by atoms with van der Waals surface area (Å²) in [5.74, 6) is -4.15. The van der Waals surface area contributed by atoms with E-state index in [1.807, 2.05) is 0 Å². The van der Waals surface area contributed by atoms with Gasteiger partial charge in [-0.05, 0) is 0 Å². The van der Waals surface area contributed by atoms with Crippen LogP contribution < -0.4 is 5.32 Å². The molecule has 4 atom stereocenters. The van der Waals surface area contributed by atoms with Crippen LogP contribution in [-0.4, -0.2) is 67.7 Å². The summed E-state index contributed by atoms with van der Waals surface area (Å²) in [5.41, 5.74) is 0. The molecule has 0 saturated carbocycles. The molecule has 1 amide bonds. The van der Waals surface area contributed by atoms with Gasteiger partial charge in [0.05, 0.1) is 0 Å². The van der Waals surface area contributed by atoms with Crippen LogP contribution in [0, 0.1) is 0 Å². The molecule has 17 heavy (non-hydrogen) atoms. The minimum Gasteiger partial charge on any atom is -0.479 e. The van der Waals surface area contributed by atoms with Gasteiger partial charge in [-0.15, -0.1) is 0 Å². The third-order valence-electron chi connectivity index (χ3n) is 1.79. The van der Waals surface area contributed by atoms with Crippen LogP contribution in [0.2, 0.25) is 0 Å². The van der Waals surface area contributed by atoms with Gasteiger partial charge in [0.15, 0.2) is 30.3 Å². The number of hydrogen-bond acceptors (Lipinski definition) is 7. The van der Waals surface area contributed by atoms with Gasteiger partial charge < -0.3 is 30.8 Å². The van der Waals surface area contributed by atoms with Gasteiger partial charge in [-0.2, -0.15) is 0 Å². The average molecular weight is 251 g/mol. The molecule has 0 rings (SSSR count). The van der Waals surface area contributed by atoms with Gasteiger partial charge in [-0.1, -0.05) is 0 Å². The Morgan fingerprint density at radius 2 is 1.41 bits per heavy atom. The van der Waals surface area contributed by atoms with E-state index in [0.29, 0.717) is 0 Å². The van der Waals surface area contributed by atoms with E-state index in [4.69, 9.17) is 25.5 Å². The summed E-state index contributed by atoms with van der Waals surface area (Å²) >= 11 is 0. The quantitative estimate of drug-likeness (QED) is 0.261. The maximum absolute atomic E-state index is 11.2. The maximum Gasteiger partial charge on any atom is 0.335 e. The Balaban J connectivity index is 4.58. The number of aliphatic hydroxyl groups excluding tert-OH is 4. The van der Waals surface area contributed by atoms with Crippen LogP contribution in [0.4, 0.5) is 0 Å². The van der Waals surface area contributed by atoms with Crippen molar-refractivity contribution >= 4 is 17.7 Å². The van der Waals surface area contributed by atoms with Gasteiger partial charge in [0.2, 0.25) is 5.91 Å². The second-order valence-corrected chi connectivity index (χ2v) is 3.22. The Hall–Kier alpha value is -1.55. The lowest BCUT2D eigenvalue weighted by Gasteiger charge is -2.21. The first kappa shape index (κ1) is 15.4. The average Bonchev–Trinajstić information content (AvgIpc) is 2.23. The highest BCUT2D eigenvalue weighted by Gasteiger charge is 2.36. The van der Waals surface area contributed by atoms with Crippen LogP contribution in [0.15, 0.2) is 0 Å². The van der Waals surface area contributed by atoms with E-state index in [9.17, 15) is 14.4 Å². The number of hydrogen-bond donors (Lipinski definition) is 6. The largest absolute Gasteiger partial charge is 0.479 e. The first-order valence-corrected chi connectivity index (χ1v) is 4.44. The van der Waals surface area contributed by atoms with Crippen molar-refractivity contribution in [1.82, 2.24) is 5.32 Å². The molecule has 98 valence electrons. The van der Waals surface area contributed by atoms with Crippen molar-refractivity contribution in [3.8, 4) is 0 Å². The number of ketones is 1. The minimum absolute atomic E-state index is 0.752. The maximum atomic E-state index is 11.2. The lowest BCUT2D eigenvalue weighted by molar-refractivity contribution is -0.163. The molecule has 0 aromatic carbocycles. The SMILES string of the molecule is CC(=O)NC(O)[C@@H](O)C(=O)[C@H](O)[C@H](O)C(=O)O. The lowest BCUT2D eigenvalue weighted by atomic mass is 10.0. The second kappa shape index (κ2) is 6.25. The third kappa shape index (κ3) is 4.44. The van der Waals surface area contributed by atoms with Gasteiger partial charge >= 0.3 is 5.97 Å². The topological polar surface area (TPSA) is 164 Å². The second-order valence-electron chi connectivity index (χ2n) is 3.22. The Kier molecular flexibility index (Phi) is 5.68. The zero-order valence-corrected chi connectivity index (χ0v) is 8.77. The number of carboxylic acids is 1. The van der Waals surface area contributed by atoms with Crippen molar-refractivity contribution in [2.24, 2.45) is 0 Å². The predicted molar refractivity (Wildman–Crippen MR) is 50.5 cm³/mol. The molecule has 9 heteroatoms. The van der Waals surface area contributed by atoms with Crippen molar-refractivity contribution in [3.63, 3.8) is 0 Å². The van der Waals surface area contributed by atoms with E-state index in [1.165, 1.54) is 0 Å². The Morgan fingerprint density at radius 3 is 1.76 bits per heavy atom. The molecule has 0 aliphatic carbocycles. The highest BCUT2D eigenvalue weighted by molar-refractivity contribution is 5.92. The van der Waals surface area contributed by atoms with Crippen LogP contribution in [0.5, 0.6) is 0 Å². The summed E-state index contributed by atoms with van der Waals surface area (Å²) in [7, 11) is 0. The molecule has 0 aromatic heterocycles. The smallest absolute Gasteiger partial charge is 0.335 e. The van der Waals surface area contributed by atoms with Crippen LogP contribution in [0.3, 0.4) is 0 Å². The zero-order chi connectivity index (χ0) is 13.7. The van der Waals surface area contributed by atoms with Gasteiger partial charge in [-0.3, -0.25) is 9.59 Å². The molecule has 0 spiro atoms. The summed E-state index contributed by atoms with van der Waals surface area (Å²) in [6, 6.07) is 0. The van der Waals surface area contributed by atoms with E-state index >= 15 is 0 Å². The first-order valence-electron chi connectivity index (χ1n) is 4.44. The molecule has 0 fully saturated rings. The van der Waals surface area contributed by atoms with Crippen molar-refractivity contribution in [3.05, 3.63) is 0 Å². The molecule has 9 nitrogen and oxygen atoms in total. The molecule has 0 bridgehead atoms. The Labute approximate surface area is 95.3 Å². The molecule has 0 aliphatic heterocycles. The summed E-state index contributed by atoms with van der Waals surface area (Å²) in [5, 5.41) is 46.2. The van der Waals surface area contributed by atoms with Crippen molar-refractivity contribution in [1.29, 1.82) is 0 Å². The monoisotopic (exact) mass is 251 g/mol. The van der Waals surface area contributed by atoms with Gasteiger partial charge in [0, 0.05) is 6.92 Å². The van der Waals surface area contributed by atoms with Crippen molar-refractivity contribution in [2.45, 2.75) is 31.5 Å². The number of nitrogens with one attached hydrogen (secondary N) is 1. The van der Waals surface area contributed by atoms with Gasteiger partial charge in [0.25, 0.3) is 0 Å². The number of carbonyl (C=O) groups is 3. The molecule has 1 unspecified atom stereocenters. The molecule has 0 radical (unpaired) electrons. The van der Waals surface area contributed by atoms with Crippen LogP contribution >= 0.6 is 0 Å². The number of Topliss-reactive ketones (excluding diaryl/α,β-unsaturated/α-hetero) is 1. The van der Waals surface area contributed by atoms with Crippen LogP contribution in [0.25, 0.3) is 0 Å². The third-order valence-corrected chi connectivity index (χ3v) is 1.79. The summed E-state index contributed by atoms with van der Waals surface area (Å²) in [4.78, 5) is 31.9. The number of rotatable bonds is 6. The number of amides is 1. The van der Waals surface area contributed by atoms with E-state index in [0.717, 1.165) is 6.92 Å². The molecule has 6 N–H and O–H groups in total. The first-order chi connectivity index (χ1) is 7.68. The normalized spacial score (nSPS) is 17.7. The number of carboxylic acid groups (broad SMARTS) is 1. The van der Waals surface area contributed by atoms with E-state index in [2.05, 4.69) is 0 Å². The molecular formula is C8H13NO8. The molecular weight excluding hydrogens is 238 g/mol. The fraction of sp³-hybridized carbons (Fsp3) is 0.625. The molecule has 0 saturated heterocycles. The Morgan fingerprint density at radius 1 is 0.941 bits per heavy atom. The van der Waals surface area contributed by atoms with E-state index < -0.39 is 42.2 Å². The van der Waals surface area contributed by atoms with Crippen molar-refractivity contribution in [2.75, 3.05) is 0 Å². The summed E-state index contributed by atoms with van der Waals surface area (Å²) in [6.45, 7) is 1.00. The fourth-order valence-electron chi connectivity index (χ4n) is 0.908. The highest BCUT2D eigenvalue weighted by Crippen LogP contribution is 2.02. The van der Waals surface area contributed by atoms with Gasteiger partial charge in [-0.25, -0.2) is 4.79 Å². The van der Waals surface area contributed by atoms with Crippen LogP contribution in [-0.2, 0) is 14.4 Å². The van der Waals surface area contributed by atoms with Crippen LogP contribution in [0.1, 0.15) is 6.92 Å². The predicted octanol–water partition coefficient (Wildman–Crippen LogP) is -3.82. The fourth-order valence-corrected chi connectivity index (χ4v) is 0.908. The minimum atomic E-state index is -2.43. The Bertz CT molecular complexity index is 317. The highest BCUT2D eigenvalue weighted by atomic mass is 16.4. The lowest BCUT2D eigenvalue weighted by Crippen LogP contribution is -2.52. The van der Waals surface area contributed by atoms with E-state index in [1.54, 1.807) is 5.32 Å². The molecule has 0 aliphatic rings. The van der Waals surface area contributed by atoms with Crippen molar-refractivity contribution < 1.29 is 39.9 Å². The van der Waals surface area contributed by atoms with E-state index in [-0.39, 0.29) is 0 Å². The molecule has 0 heterocycles. The number of aliphatic hydroxyl groups is 4. The number of aliphatic carboxylic acids is 1. The van der Waals surface area contributed by atoms with Gasteiger partial charge in [0.1, 0.15) is 0 Å². The number of carbonyl (C=O) groups excluding carboxylic acids is 2. The molecule has 0 aromatic rings. The zero-order valence-electron chi connectivity index (χ0n) is 8.77. The standard InChI is InChI=1S/C8H13NO8/c1-2(10)9-7(15)5(13)3(11)4(12)6(14)8(16)17/h4-7,12-15H,1H3,(H,9,10)(H,16,17)/t4-,5-,6-,7?/m0/s1. The summed E-state index contributed by atoms with van der Waals surface area (Å²) < 4.78 is 0.